The molecular weight excluding hydrogens is 781 g/mol. The van der Waals surface area contributed by atoms with Gasteiger partial charge < -0.3 is 23.5 Å². The van der Waals surface area contributed by atoms with Crippen molar-refractivity contribution in [3.05, 3.63) is 204 Å². The summed E-state index contributed by atoms with van der Waals surface area (Å²) in [5.41, 5.74) is 21.8. The maximum atomic E-state index is 6.90. The Balaban J connectivity index is 1.19. The fourth-order valence-electron chi connectivity index (χ4n) is 10.5. The van der Waals surface area contributed by atoms with Crippen LogP contribution < -0.4 is 31.1 Å². The van der Waals surface area contributed by atoms with Gasteiger partial charge in [-0.25, -0.2) is 0 Å². The average molecular weight is 824 g/mol. The number of anilines is 9. The summed E-state index contributed by atoms with van der Waals surface area (Å²) in [6.07, 6.45) is 0. The molecule has 11 aromatic rings. The molecule has 2 aromatic heterocycles. The van der Waals surface area contributed by atoms with Gasteiger partial charge in [0.25, 0.3) is 6.71 Å². The molecule has 4 heterocycles. The number of furan rings is 2. The number of para-hydroxylation sites is 4. The molecule has 0 spiro atoms. The summed E-state index contributed by atoms with van der Waals surface area (Å²) >= 11 is 0. The molecule has 64 heavy (non-hydrogen) atoms. The Kier molecular flexibility index (Phi) is 7.89. The predicted octanol–water partition coefficient (Wildman–Crippen LogP) is 14.3. The monoisotopic (exact) mass is 823 g/mol. The summed E-state index contributed by atoms with van der Waals surface area (Å²) in [7, 11) is 0. The van der Waals surface area contributed by atoms with Gasteiger partial charge in [0.2, 0.25) is 0 Å². The van der Waals surface area contributed by atoms with E-state index < -0.39 is 0 Å². The van der Waals surface area contributed by atoms with E-state index in [0.717, 1.165) is 83.7 Å². The van der Waals surface area contributed by atoms with Crippen LogP contribution in [0.25, 0.3) is 43.9 Å². The molecule has 9 aromatic carbocycles. The summed E-state index contributed by atoms with van der Waals surface area (Å²) < 4.78 is 13.8. The summed E-state index contributed by atoms with van der Waals surface area (Å²) in [6, 6.07) is 66.4. The van der Waals surface area contributed by atoms with Gasteiger partial charge in [-0.3, -0.25) is 0 Å². The van der Waals surface area contributed by atoms with Crippen LogP contribution in [-0.2, 0) is 0 Å². The maximum Gasteiger partial charge on any atom is 0.252 e. The molecule has 0 radical (unpaired) electrons. The molecule has 0 bridgehead atoms. The third-order valence-electron chi connectivity index (χ3n) is 13.5. The van der Waals surface area contributed by atoms with E-state index in [1.54, 1.807) is 0 Å². The van der Waals surface area contributed by atoms with Gasteiger partial charge in [-0.15, -0.1) is 0 Å². The van der Waals surface area contributed by atoms with Crippen LogP contribution in [0, 0.1) is 27.7 Å². The first-order valence-electron chi connectivity index (χ1n) is 22.1. The van der Waals surface area contributed by atoms with Crippen molar-refractivity contribution in [2.75, 3.05) is 14.7 Å². The molecular formula is C58H42BN3O2. The van der Waals surface area contributed by atoms with Crippen LogP contribution in [0.5, 0.6) is 0 Å². The van der Waals surface area contributed by atoms with Crippen molar-refractivity contribution >= 4 is 118 Å². The highest BCUT2D eigenvalue weighted by Crippen LogP contribution is 2.51. The van der Waals surface area contributed by atoms with Crippen molar-refractivity contribution in [1.29, 1.82) is 0 Å². The van der Waals surface area contributed by atoms with Crippen LogP contribution in [0.2, 0.25) is 0 Å². The maximum absolute atomic E-state index is 6.90. The second-order valence-corrected chi connectivity index (χ2v) is 17.6. The summed E-state index contributed by atoms with van der Waals surface area (Å²) in [5.74, 6) is 0. The zero-order valence-electron chi connectivity index (χ0n) is 36.1. The normalized spacial score (nSPS) is 12.9. The Bertz CT molecular complexity index is 3460. The van der Waals surface area contributed by atoms with E-state index in [-0.39, 0.29) is 6.71 Å². The first-order chi connectivity index (χ1) is 31.4. The van der Waals surface area contributed by atoms with E-state index in [9.17, 15) is 0 Å². The molecule has 0 N–H and O–H groups in total. The van der Waals surface area contributed by atoms with Crippen LogP contribution in [0.15, 0.2) is 191 Å². The fraction of sp³-hybridized carbons (Fsp3) is 0.0690. The Morgan fingerprint density at radius 2 is 0.812 bits per heavy atom. The third kappa shape index (κ3) is 5.39. The number of benzene rings is 9. The van der Waals surface area contributed by atoms with Gasteiger partial charge in [0.15, 0.2) is 11.2 Å². The van der Waals surface area contributed by atoms with Crippen molar-refractivity contribution in [2.24, 2.45) is 0 Å². The number of fused-ring (bicyclic) bond motifs is 10. The van der Waals surface area contributed by atoms with Crippen molar-refractivity contribution in [3.8, 4) is 0 Å². The first kappa shape index (κ1) is 36.7. The van der Waals surface area contributed by atoms with Gasteiger partial charge in [-0.05, 0) is 117 Å². The standard InChI is InChI=1S/C58H42BN3O2/c1-35-19-25-39(26-20-35)60-48-29-23-37(3)31-46(48)59-47-32-38(4)24-30-49(47)61(40-27-21-36(2)22-28-40)53-34-41(33-52(60)56(53)59)62(50-15-9-13-44-42-11-5-7-17-54(42)63-57(44)50)51-16-10-14-45-43-12-6-8-18-55(43)64-58(45)51/h5-34H,1-4H3. The molecule has 0 atom stereocenters. The highest BCUT2D eigenvalue weighted by molar-refractivity contribution is 7.00. The minimum atomic E-state index is -0.0155. The summed E-state index contributed by atoms with van der Waals surface area (Å²) in [5, 5.41) is 4.29. The van der Waals surface area contributed by atoms with Crippen molar-refractivity contribution < 1.29 is 8.83 Å². The highest BCUT2D eigenvalue weighted by Gasteiger charge is 2.44. The van der Waals surface area contributed by atoms with E-state index in [1.807, 2.05) is 12.1 Å². The smallest absolute Gasteiger partial charge is 0.252 e. The SMILES string of the molecule is Cc1ccc(N2c3ccc(C)cc3B3c4cc(C)ccc4N(c4ccc(C)cc4)c4cc(N(c5cccc6c5oc5ccccc56)c5cccc6c5oc5ccccc56)cc2c43)cc1. The Morgan fingerprint density at radius 1 is 0.391 bits per heavy atom. The van der Waals surface area contributed by atoms with E-state index in [2.05, 4.69) is 212 Å². The Hall–Kier alpha value is -7.96. The lowest BCUT2D eigenvalue weighted by Crippen LogP contribution is -2.61. The molecule has 2 aliphatic heterocycles. The van der Waals surface area contributed by atoms with Crippen LogP contribution in [0.3, 0.4) is 0 Å². The molecule has 0 saturated carbocycles. The quantitative estimate of drug-likeness (QED) is 0.162. The van der Waals surface area contributed by atoms with Crippen molar-refractivity contribution in [3.63, 3.8) is 0 Å². The first-order valence-corrected chi connectivity index (χ1v) is 22.1. The lowest BCUT2D eigenvalue weighted by Gasteiger charge is -2.45. The van der Waals surface area contributed by atoms with E-state index in [1.165, 1.54) is 50.0 Å². The lowest BCUT2D eigenvalue weighted by molar-refractivity contribution is 0.666. The molecule has 0 saturated heterocycles. The minimum absolute atomic E-state index is 0.0155. The molecule has 0 amide bonds. The summed E-state index contributed by atoms with van der Waals surface area (Å²) in [6.45, 7) is 8.72. The third-order valence-corrected chi connectivity index (χ3v) is 13.5. The van der Waals surface area contributed by atoms with Crippen molar-refractivity contribution in [2.45, 2.75) is 27.7 Å². The number of aryl methyl sites for hydroxylation is 4. The van der Waals surface area contributed by atoms with E-state index in [4.69, 9.17) is 8.83 Å². The molecule has 5 nitrogen and oxygen atoms in total. The van der Waals surface area contributed by atoms with Crippen LogP contribution in [0.4, 0.5) is 51.2 Å². The van der Waals surface area contributed by atoms with Crippen molar-refractivity contribution in [1.82, 2.24) is 0 Å². The molecule has 2 aliphatic rings. The van der Waals surface area contributed by atoms with Gasteiger partial charge in [0, 0.05) is 55.7 Å². The highest BCUT2D eigenvalue weighted by atomic mass is 16.3. The average Bonchev–Trinajstić information content (AvgIpc) is 3.90. The molecule has 13 rings (SSSR count). The number of hydrogen-bond donors (Lipinski definition) is 0. The number of rotatable bonds is 5. The molecule has 0 unspecified atom stereocenters. The molecule has 0 fully saturated rings. The van der Waals surface area contributed by atoms with Crippen LogP contribution in [0.1, 0.15) is 22.3 Å². The predicted molar refractivity (Wildman–Crippen MR) is 269 cm³/mol. The number of nitrogens with zero attached hydrogens (tertiary/aromatic N) is 3. The Labute approximate surface area is 372 Å². The molecule has 6 heteroatoms. The molecule has 0 aliphatic carbocycles. The zero-order valence-corrected chi connectivity index (χ0v) is 36.1. The number of hydrogen-bond acceptors (Lipinski definition) is 5. The van der Waals surface area contributed by atoms with Gasteiger partial charge >= 0.3 is 0 Å². The van der Waals surface area contributed by atoms with Gasteiger partial charge in [0.05, 0.1) is 17.1 Å². The minimum Gasteiger partial charge on any atom is -0.454 e. The zero-order chi connectivity index (χ0) is 42.8. The topological polar surface area (TPSA) is 36.0 Å². The van der Waals surface area contributed by atoms with Gasteiger partial charge in [-0.1, -0.05) is 131 Å². The summed E-state index contributed by atoms with van der Waals surface area (Å²) in [4.78, 5) is 7.35. The second-order valence-electron chi connectivity index (χ2n) is 17.6. The van der Waals surface area contributed by atoms with Crippen LogP contribution in [-0.4, -0.2) is 6.71 Å². The lowest BCUT2D eigenvalue weighted by atomic mass is 9.33. The van der Waals surface area contributed by atoms with Gasteiger partial charge in [-0.2, -0.15) is 0 Å². The van der Waals surface area contributed by atoms with E-state index in [0.29, 0.717) is 0 Å². The van der Waals surface area contributed by atoms with Gasteiger partial charge in [0.1, 0.15) is 11.2 Å². The fourth-order valence-corrected chi connectivity index (χ4v) is 10.5. The second kappa shape index (κ2) is 13.8. The largest absolute Gasteiger partial charge is 0.454 e. The molecule has 304 valence electrons. The van der Waals surface area contributed by atoms with Crippen LogP contribution >= 0.6 is 0 Å². The Morgan fingerprint density at radius 3 is 1.28 bits per heavy atom. The van der Waals surface area contributed by atoms with E-state index >= 15 is 0 Å².